The molecular weight excluding hydrogens is 525 g/mol. The third kappa shape index (κ3) is 5.58. The first kappa shape index (κ1) is 27.3. The van der Waals surface area contributed by atoms with Gasteiger partial charge in [-0.3, -0.25) is 24.4 Å². The van der Waals surface area contributed by atoms with E-state index in [-0.39, 0.29) is 24.1 Å². The number of carbonyl (C=O) groups is 3. The topological polar surface area (TPSA) is 98.8 Å². The van der Waals surface area contributed by atoms with Gasteiger partial charge in [0, 0.05) is 35.2 Å². The second-order valence-corrected chi connectivity index (χ2v) is 9.65. The van der Waals surface area contributed by atoms with E-state index in [1.807, 2.05) is 19.9 Å². The molecule has 5 rings (SSSR count). The number of para-hydroxylation sites is 1. The van der Waals surface area contributed by atoms with Gasteiger partial charge >= 0.3 is 0 Å². The number of anilines is 2. The van der Waals surface area contributed by atoms with Crippen LogP contribution in [0.25, 0.3) is 17.0 Å². The first-order valence-corrected chi connectivity index (χ1v) is 13.0. The van der Waals surface area contributed by atoms with Gasteiger partial charge in [-0.2, -0.15) is 5.10 Å². The molecule has 0 fully saturated rings. The van der Waals surface area contributed by atoms with Crippen LogP contribution in [-0.2, 0) is 14.4 Å². The maximum Gasteiger partial charge on any atom is 0.268 e. The number of nitrogens with one attached hydrogen (secondary N) is 1. The summed E-state index contributed by atoms with van der Waals surface area (Å²) >= 11 is 0. The Kier molecular flexibility index (Phi) is 7.64. The Morgan fingerprint density at radius 1 is 1.02 bits per heavy atom. The summed E-state index contributed by atoms with van der Waals surface area (Å²) in [5, 5.41) is 7.48. The van der Waals surface area contributed by atoms with Gasteiger partial charge in [-0.05, 0) is 74.5 Å². The molecule has 41 heavy (non-hydrogen) atoms. The first-order chi connectivity index (χ1) is 19.8. The highest BCUT2D eigenvalue weighted by atomic mass is 19.1. The van der Waals surface area contributed by atoms with Gasteiger partial charge in [0.15, 0.2) is 0 Å². The number of halogens is 1. The van der Waals surface area contributed by atoms with Crippen molar-refractivity contribution in [1.29, 1.82) is 0 Å². The van der Waals surface area contributed by atoms with Crippen molar-refractivity contribution in [3.05, 3.63) is 102 Å². The molecule has 0 saturated heterocycles. The van der Waals surface area contributed by atoms with Crippen LogP contribution in [0.4, 0.5) is 15.8 Å². The summed E-state index contributed by atoms with van der Waals surface area (Å²) < 4.78 is 19.0. The molecule has 3 amide bonds. The van der Waals surface area contributed by atoms with E-state index < -0.39 is 17.6 Å². The van der Waals surface area contributed by atoms with Crippen LogP contribution in [-0.4, -0.2) is 52.5 Å². The number of benzene rings is 3. The lowest BCUT2D eigenvalue weighted by molar-refractivity contribution is -0.131. The summed E-state index contributed by atoms with van der Waals surface area (Å²) in [7, 11) is 1.56. The quantitative estimate of drug-likeness (QED) is 0.260. The van der Waals surface area contributed by atoms with Crippen molar-refractivity contribution >= 4 is 46.1 Å². The van der Waals surface area contributed by atoms with Crippen LogP contribution in [0.15, 0.2) is 90.8 Å². The van der Waals surface area contributed by atoms with E-state index >= 15 is 0 Å². The number of ether oxygens (including phenoxy) is 1. The predicted octanol–water partition coefficient (Wildman–Crippen LogP) is 4.88. The Balaban J connectivity index is 1.53. The zero-order valence-corrected chi connectivity index (χ0v) is 22.7. The second-order valence-electron chi connectivity index (χ2n) is 9.65. The number of methoxy groups -OCH3 is 1. The molecular formula is C31H28FN5O4. The maximum atomic E-state index is 13.9. The lowest BCUT2D eigenvalue weighted by Gasteiger charge is -2.29. The van der Waals surface area contributed by atoms with Gasteiger partial charge in [0.05, 0.1) is 18.3 Å². The lowest BCUT2D eigenvalue weighted by atomic mass is 10.1. The second kappa shape index (κ2) is 11.5. The number of fused-ring (bicyclic) bond motifs is 1. The van der Waals surface area contributed by atoms with Gasteiger partial charge in [0.2, 0.25) is 5.91 Å². The van der Waals surface area contributed by atoms with Gasteiger partial charge in [-0.25, -0.2) is 4.39 Å². The van der Waals surface area contributed by atoms with E-state index in [1.165, 1.54) is 46.5 Å². The fourth-order valence-corrected chi connectivity index (χ4v) is 4.65. The first-order valence-electron chi connectivity index (χ1n) is 13.0. The van der Waals surface area contributed by atoms with Gasteiger partial charge < -0.3 is 14.5 Å². The fourth-order valence-electron chi connectivity index (χ4n) is 4.65. The largest absolute Gasteiger partial charge is 0.497 e. The molecule has 10 heteroatoms. The lowest BCUT2D eigenvalue weighted by Crippen LogP contribution is -2.44. The van der Waals surface area contributed by atoms with E-state index in [0.717, 1.165) is 0 Å². The highest BCUT2D eigenvalue weighted by molar-refractivity contribution is 6.28. The van der Waals surface area contributed by atoms with Crippen molar-refractivity contribution in [1.82, 2.24) is 15.1 Å². The van der Waals surface area contributed by atoms with Crippen LogP contribution in [0.5, 0.6) is 5.75 Å². The van der Waals surface area contributed by atoms with Crippen molar-refractivity contribution in [2.24, 2.45) is 0 Å². The van der Waals surface area contributed by atoms with Crippen molar-refractivity contribution in [2.75, 3.05) is 23.5 Å². The zero-order valence-electron chi connectivity index (χ0n) is 22.7. The van der Waals surface area contributed by atoms with Gasteiger partial charge in [-0.15, -0.1) is 0 Å². The summed E-state index contributed by atoms with van der Waals surface area (Å²) in [6, 6.07) is 19.8. The Labute approximate surface area is 236 Å². The molecule has 4 aromatic rings. The molecule has 0 saturated carbocycles. The summed E-state index contributed by atoms with van der Waals surface area (Å²) in [4.78, 5) is 45.4. The van der Waals surface area contributed by atoms with Crippen molar-refractivity contribution < 1.29 is 23.5 Å². The number of aromatic nitrogens is 2. The normalized spacial score (nSPS) is 14.7. The van der Waals surface area contributed by atoms with Crippen LogP contribution >= 0.6 is 0 Å². The van der Waals surface area contributed by atoms with Crippen LogP contribution in [0.2, 0.25) is 0 Å². The summed E-state index contributed by atoms with van der Waals surface area (Å²) in [5.74, 6) is -1.41. The van der Waals surface area contributed by atoms with Crippen molar-refractivity contribution in [3.63, 3.8) is 0 Å². The van der Waals surface area contributed by atoms with E-state index in [2.05, 4.69) is 10.2 Å². The molecule has 0 aliphatic carbocycles. The van der Waals surface area contributed by atoms with E-state index in [1.54, 1.807) is 60.5 Å². The van der Waals surface area contributed by atoms with E-state index in [4.69, 9.17) is 4.74 Å². The standard InChI is InChI=1S/C31H28FN5O4/c1-20(2)37(23-10-12-24(41-3)13-11-23)29(38)19-35-15-16-36(22-7-5-4-6-8-22)31(40)26(30(35)39)18-28-25-14-9-21(32)17-27(25)33-34-28/h4-18,20H,19H2,1-3H3,(H,33,34). The molecule has 1 aromatic heterocycles. The zero-order chi connectivity index (χ0) is 29.1. The SMILES string of the molecule is COc1ccc(N(C(=O)CN2C=CN(c3ccccc3)C(=O)C(=Cc3n[nH]c4cc(F)ccc34)C2=O)C(C)C)cc1. The molecule has 0 unspecified atom stereocenters. The molecule has 0 atom stereocenters. The summed E-state index contributed by atoms with van der Waals surface area (Å²) in [5.41, 5.74) is 1.69. The Morgan fingerprint density at radius 3 is 2.44 bits per heavy atom. The number of hydrogen-bond donors (Lipinski definition) is 1. The monoisotopic (exact) mass is 553 g/mol. The molecule has 1 N–H and O–H groups in total. The van der Waals surface area contributed by atoms with Crippen molar-refractivity contribution in [3.8, 4) is 5.75 Å². The average molecular weight is 554 g/mol. The van der Waals surface area contributed by atoms with Crippen LogP contribution in [0.3, 0.4) is 0 Å². The van der Waals surface area contributed by atoms with Gasteiger partial charge in [-0.1, -0.05) is 18.2 Å². The maximum absolute atomic E-state index is 13.9. The minimum absolute atomic E-state index is 0.204. The Bertz CT molecular complexity index is 1660. The highest BCUT2D eigenvalue weighted by Gasteiger charge is 2.33. The van der Waals surface area contributed by atoms with Crippen LogP contribution in [0, 0.1) is 5.82 Å². The Hall–Kier alpha value is -5.25. The van der Waals surface area contributed by atoms with Crippen LogP contribution in [0.1, 0.15) is 19.5 Å². The Morgan fingerprint density at radius 2 is 1.76 bits per heavy atom. The fraction of sp³-hybridized carbons (Fsp3) is 0.161. The van der Waals surface area contributed by atoms with E-state index in [9.17, 15) is 18.8 Å². The highest BCUT2D eigenvalue weighted by Crippen LogP contribution is 2.26. The number of H-pyrrole nitrogens is 1. The number of aromatic amines is 1. The molecule has 0 spiro atoms. The third-order valence-electron chi connectivity index (χ3n) is 6.65. The summed E-state index contributed by atoms with van der Waals surface area (Å²) in [6.45, 7) is 3.43. The molecule has 2 heterocycles. The number of amides is 3. The van der Waals surface area contributed by atoms with E-state index in [0.29, 0.717) is 33.7 Å². The smallest absolute Gasteiger partial charge is 0.268 e. The molecule has 1 aliphatic rings. The van der Waals surface area contributed by atoms with Gasteiger partial charge in [0.1, 0.15) is 23.7 Å². The average Bonchev–Trinajstić information content (AvgIpc) is 3.32. The molecule has 0 bridgehead atoms. The van der Waals surface area contributed by atoms with Crippen LogP contribution < -0.4 is 14.5 Å². The molecule has 1 aliphatic heterocycles. The number of nitrogens with zero attached hydrogens (tertiary/aromatic N) is 4. The number of hydrogen-bond acceptors (Lipinski definition) is 5. The van der Waals surface area contributed by atoms with Gasteiger partial charge in [0.25, 0.3) is 11.8 Å². The van der Waals surface area contributed by atoms with Crippen molar-refractivity contribution in [2.45, 2.75) is 19.9 Å². The predicted molar refractivity (Wildman–Crippen MR) is 154 cm³/mol. The molecule has 0 radical (unpaired) electrons. The summed E-state index contributed by atoms with van der Waals surface area (Å²) in [6.07, 6.45) is 4.26. The minimum Gasteiger partial charge on any atom is -0.497 e. The number of carbonyl (C=O) groups excluding carboxylic acids is 3. The molecule has 208 valence electrons. The number of rotatable bonds is 7. The minimum atomic E-state index is -0.672. The molecule has 9 nitrogen and oxygen atoms in total. The third-order valence-corrected chi connectivity index (χ3v) is 6.65. The molecule has 3 aromatic carbocycles.